The minimum absolute atomic E-state index is 0.00753. The average molecular weight is 426 g/mol. The zero-order chi connectivity index (χ0) is 21.6. The third-order valence-corrected chi connectivity index (χ3v) is 5.47. The first-order chi connectivity index (χ1) is 15.1. The molecule has 0 saturated heterocycles. The number of hydrogen-bond acceptors (Lipinski definition) is 5. The fourth-order valence-corrected chi connectivity index (χ4v) is 3.83. The molecule has 0 fully saturated rings. The van der Waals surface area contributed by atoms with Gasteiger partial charge in [0.2, 0.25) is 5.13 Å². The van der Waals surface area contributed by atoms with E-state index in [-0.39, 0.29) is 5.57 Å². The van der Waals surface area contributed by atoms with E-state index < -0.39 is 5.91 Å². The third kappa shape index (κ3) is 4.94. The maximum absolute atomic E-state index is 12.7. The van der Waals surface area contributed by atoms with Gasteiger partial charge in [-0.25, -0.2) is 0 Å². The number of rotatable bonds is 6. The zero-order valence-corrected chi connectivity index (χ0v) is 17.6. The van der Waals surface area contributed by atoms with Gasteiger partial charge < -0.3 is 4.57 Å². The topological polar surface area (TPSA) is 83.6 Å². The summed E-state index contributed by atoms with van der Waals surface area (Å²) in [6.07, 6.45) is 4.10. The van der Waals surface area contributed by atoms with Crippen LogP contribution < -0.4 is 5.32 Å². The Balaban J connectivity index is 1.50. The van der Waals surface area contributed by atoms with E-state index in [0.29, 0.717) is 11.6 Å². The number of hydrogen-bond donors (Lipinski definition) is 1. The lowest BCUT2D eigenvalue weighted by atomic mass is 10.2. The molecule has 0 unspecified atom stereocenters. The maximum atomic E-state index is 12.7. The Hall–Kier alpha value is -4.02. The second-order valence-corrected chi connectivity index (χ2v) is 7.99. The van der Waals surface area contributed by atoms with Crippen LogP contribution in [-0.2, 0) is 11.2 Å². The van der Waals surface area contributed by atoms with E-state index in [1.165, 1.54) is 11.3 Å². The monoisotopic (exact) mass is 425 g/mol. The van der Waals surface area contributed by atoms with Gasteiger partial charge in [-0.1, -0.05) is 59.4 Å². The molecule has 2 aromatic heterocycles. The largest absolute Gasteiger partial charge is 0.317 e. The van der Waals surface area contributed by atoms with Crippen molar-refractivity contribution >= 4 is 28.5 Å². The molecule has 0 aliphatic rings. The average Bonchev–Trinajstić information content (AvgIpc) is 3.42. The van der Waals surface area contributed by atoms with Crippen LogP contribution in [0.2, 0.25) is 0 Å². The molecule has 4 rings (SSSR count). The van der Waals surface area contributed by atoms with Gasteiger partial charge in [0.05, 0.1) is 0 Å². The fourth-order valence-electron chi connectivity index (χ4n) is 3.06. The Bertz CT molecular complexity index is 1260. The summed E-state index contributed by atoms with van der Waals surface area (Å²) in [4.78, 5) is 12.7. The maximum Gasteiger partial charge on any atom is 0.268 e. The van der Waals surface area contributed by atoms with Crippen LogP contribution in [0.4, 0.5) is 5.13 Å². The Morgan fingerprint density at radius 3 is 2.61 bits per heavy atom. The number of nitrogens with one attached hydrogen (secondary N) is 1. The van der Waals surface area contributed by atoms with Crippen molar-refractivity contribution in [2.24, 2.45) is 0 Å². The quantitative estimate of drug-likeness (QED) is 0.356. The number of anilines is 1. The fraction of sp³-hybridized carbons (Fsp3) is 0.0833. The molecule has 0 aliphatic carbocycles. The number of aromatic nitrogens is 3. The van der Waals surface area contributed by atoms with Crippen LogP contribution >= 0.6 is 11.3 Å². The highest BCUT2D eigenvalue weighted by Crippen LogP contribution is 2.20. The molecular formula is C24H19N5OS. The second kappa shape index (κ2) is 9.20. The van der Waals surface area contributed by atoms with Gasteiger partial charge in [-0.2, -0.15) is 5.26 Å². The van der Waals surface area contributed by atoms with Crippen molar-refractivity contribution in [1.82, 2.24) is 14.8 Å². The molecule has 0 spiro atoms. The number of amides is 1. The standard InChI is InChI=1S/C24H19N5OS/c1-17-9-11-20(12-10-17)29-13-5-8-21(29)15-19(16-25)23(30)26-24-28-27-22(31-24)14-18-6-3-2-4-7-18/h2-13,15H,14H2,1H3,(H,26,28,30)/b19-15-. The first kappa shape index (κ1) is 20.3. The van der Waals surface area contributed by atoms with Crippen molar-refractivity contribution in [2.75, 3.05) is 5.32 Å². The van der Waals surface area contributed by atoms with E-state index in [1.807, 2.05) is 90.5 Å². The zero-order valence-electron chi connectivity index (χ0n) is 16.8. The van der Waals surface area contributed by atoms with Crippen LogP contribution in [0.3, 0.4) is 0 Å². The number of carbonyl (C=O) groups excluding carboxylic acids is 1. The Labute approximate surface area is 184 Å². The number of nitriles is 1. The molecule has 1 amide bonds. The van der Waals surface area contributed by atoms with E-state index in [9.17, 15) is 10.1 Å². The number of benzene rings is 2. The summed E-state index contributed by atoms with van der Waals surface area (Å²) in [7, 11) is 0. The van der Waals surface area contributed by atoms with E-state index in [1.54, 1.807) is 6.08 Å². The van der Waals surface area contributed by atoms with Crippen molar-refractivity contribution in [3.8, 4) is 11.8 Å². The van der Waals surface area contributed by atoms with E-state index in [0.717, 1.165) is 27.5 Å². The van der Waals surface area contributed by atoms with Crippen LogP contribution in [0, 0.1) is 18.3 Å². The van der Waals surface area contributed by atoms with Crippen molar-refractivity contribution < 1.29 is 4.79 Å². The molecule has 0 atom stereocenters. The molecule has 1 N–H and O–H groups in total. The van der Waals surface area contributed by atoms with E-state index >= 15 is 0 Å². The van der Waals surface area contributed by atoms with Gasteiger partial charge in [0.1, 0.15) is 16.6 Å². The van der Waals surface area contributed by atoms with Gasteiger partial charge >= 0.3 is 0 Å². The SMILES string of the molecule is Cc1ccc(-n2cccc2/C=C(/C#N)C(=O)Nc2nnc(Cc3ccccc3)s2)cc1. The normalized spacial score (nSPS) is 11.2. The molecule has 6 nitrogen and oxygen atoms in total. The van der Waals surface area contributed by atoms with Crippen molar-refractivity contribution in [3.63, 3.8) is 0 Å². The van der Waals surface area contributed by atoms with Crippen LogP contribution in [0.25, 0.3) is 11.8 Å². The minimum Gasteiger partial charge on any atom is -0.317 e. The highest BCUT2D eigenvalue weighted by molar-refractivity contribution is 7.15. The Kier molecular flexibility index (Phi) is 6.01. The first-order valence-electron chi connectivity index (χ1n) is 9.66. The number of carbonyl (C=O) groups is 1. The molecule has 0 saturated carbocycles. The highest BCUT2D eigenvalue weighted by Gasteiger charge is 2.14. The van der Waals surface area contributed by atoms with Crippen LogP contribution in [-0.4, -0.2) is 20.7 Å². The van der Waals surface area contributed by atoms with Gasteiger partial charge in [-0.05, 0) is 42.8 Å². The first-order valence-corrected chi connectivity index (χ1v) is 10.5. The van der Waals surface area contributed by atoms with Crippen LogP contribution in [0.5, 0.6) is 0 Å². The van der Waals surface area contributed by atoms with Crippen molar-refractivity contribution in [1.29, 1.82) is 5.26 Å². The molecule has 0 radical (unpaired) electrons. The van der Waals surface area contributed by atoms with Crippen LogP contribution in [0.15, 0.2) is 78.5 Å². The molecule has 4 aromatic rings. The summed E-state index contributed by atoms with van der Waals surface area (Å²) in [6, 6.07) is 23.7. The number of aryl methyl sites for hydroxylation is 1. The summed E-state index contributed by atoms with van der Waals surface area (Å²) in [5, 5.41) is 21.6. The van der Waals surface area contributed by atoms with Gasteiger partial charge in [0.15, 0.2) is 0 Å². The Morgan fingerprint density at radius 1 is 1.10 bits per heavy atom. The summed E-state index contributed by atoms with van der Waals surface area (Å²) in [5.74, 6) is -0.512. The summed E-state index contributed by atoms with van der Waals surface area (Å²) >= 11 is 1.30. The highest BCUT2D eigenvalue weighted by atomic mass is 32.1. The lowest BCUT2D eigenvalue weighted by Gasteiger charge is -2.07. The molecule has 0 aliphatic heterocycles. The predicted molar refractivity (Wildman–Crippen MR) is 122 cm³/mol. The predicted octanol–water partition coefficient (Wildman–Crippen LogP) is 4.77. The van der Waals surface area contributed by atoms with Gasteiger partial charge in [-0.3, -0.25) is 10.1 Å². The van der Waals surface area contributed by atoms with Gasteiger partial charge in [0, 0.05) is 24.0 Å². The smallest absolute Gasteiger partial charge is 0.268 e. The summed E-state index contributed by atoms with van der Waals surface area (Å²) in [5.41, 5.74) is 3.96. The number of nitrogens with zero attached hydrogens (tertiary/aromatic N) is 4. The van der Waals surface area contributed by atoms with E-state index in [2.05, 4.69) is 15.5 Å². The second-order valence-electron chi connectivity index (χ2n) is 6.93. The summed E-state index contributed by atoms with van der Waals surface area (Å²) < 4.78 is 1.92. The molecular weight excluding hydrogens is 406 g/mol. The Morgan fingerprint density at radius 2 is 1.87 bits per heavy atom. The molecule has 152 valence electrons. The molecule has 7 heteroatoms. The van der Waals surface area contributed by atoms with Crippen LogP contribution in [0.1, 0.15) is 21.8 Å². The van der Waals surface area contributed by atoms with Gasteiger partial charge in [-0.15, -0.1) is 10.2 Å². The molecule has 0 bridgehead atoms. The lowest BCUT2D eigenvalue weighted by Crippen LogP contribution is -2.13. The van der Waals surface area contributed by atoms with Gasteiger partial charge in [0.25, 0.3) is 5.91 Å². The summed E-state index contributed by atoms with van der Waals surface area (Å²) in [6.45, 7) is 2.02. The molecule has 2 heterocycles. The lowest BCUT2D eigenvalue weighted by molar-refractivity contribution is -0.112. The minimum atomic E-state index is -0.512. The van der Waals surface area contributed by atoms with E-state index in [4.69, 9.17) is 0 Å². The third-order valence-electron chi connectivity index (χ3n) is 4.64. The molecule has 2 aromatic carbocycles. The van der Waals surface area contributed by atoms with Crippen molar-refractivity contribution in [3.05, 3.63) is 100 Å². The van der Waals surface area contributed by atoms with Crippen molar-refractivity contribution in [2.45, 2.75) is 13.3 Å². The molecule has 31 heavy (non-hydrogen) atoms.